The summed E-state index contributed by atoms with van der Waals surface area (Å²) in [5.41, 5.74) is 0. The number of carboxylic acid groups (broad SMARTS) is 1. The number of hydrogen-bond donors (Lipinski definition) is 2. The molecule has 0 amide bonds. The van der Waals surface area contributed by atoms with Crippen LogP contribution in [0.15, 0.2) is 11.6 Å². The molecule has 0 atom stereocenters. The molecule has 1 rings (SSSR count). The van der Waals surface area contributed by atoms with E-state index in [4.69, 9.17) is 5.11 Å². The zero-order chi connectivity index (χ0) is 7.40. The molecule has 1 heterocycles. The molecule has 0 fully saturated rings. The van der Waals surface area contributed by atoms with Gasteiger partial charge in [-0.25, -0.2) is 4.98 Å². The molecule has 4 nitrogen and oxygen atoms in total. The minimum atomic E-state index is -0.879. The average Bonchev–Trinajstić information content (AvgIpc) is 2.34. The van der Waals surface area contributed by atoms with Crippen molar-refractivity contribution in [2.75, 3.05) is 11.9 Å². The number of aromatic nitrogens is 1. The Hall–Kier alpha value is -0.810. The van der Waals surface area contributed by atoms with E-state index in [-0.39, 0.29) is 19.0 Å². The van der Waals surface area contributed by atoms with E-state index >= 15 is 0 Å². The van der Waals surface area contributed by atoms with E-state index in [9.17, 15) is 4.79 Å². The molecular formula is C5H7ClN2O2S. The summed E-state index contributed by atoms with van der Waals surface area (Å²) in [6.07, 6.45) is 1.62. The molecule has 0 aromatic carbocycles. The Bertz CT molecular complexity index is 214. The van der Waals surface area contributed by atoms with Gasteiger partial charge in [-0.1, -0.05) is 0 Å². The van der Waals surface area contributed by atoms with Crippen LogP contribution in [0.1, 0.15) is 0 Å². The van der Waals surface area contributed by atoms with Crippen molar-refractivity contribution in [3.8, 4) is 0 Å². The number of thiazole rings is 1. The number of carbonyl (C=O) groups is 1. The second-order valence-electron chi connectivity index (χ2n) is 1.58. The minimum Gasteiger partial charge on any atom is -0.480 e. The number of nitrogens with one attached hydrogen (secondary N) is 1. The monoisotopic (exact) mass is 194 g/mol. The van der Waals surface area contributed by atoms with Crippen LogP contribution in [0.5, 0.6) is 0 Å². The summed E-state index contributed by atoms with van der Waals surface area (Å²) in [4.78, 5) is 13.8. The molecule has 0 unspecified atom stereocenters. The summed E-state index contributed by atoms with van der Waals surface area (Å²) >= 11 is 1.38. The molecule has 0 bridgehead atoms. The van der Waals surface area contributed by atoms with Gasteiger partial charge in [0.2, 0.25) is 0 Å². The zero-order valence-corrected chi connectivity index (χ0v) is 7.11. The number of halogens is 1. The topological polar surface area (TPSA) is 62.2 Å². The largest absolute Gasteiger partial charge is 0.480 e. The lowest BCUT2D eigenvalue weighted by Crippen LogP contribution is -2.11. The Kier molecular flexibility index (Phi) is 4.56. The fourth-order valence-electron chi connectivity index (χ4n) is 0.462. The first-order valence-electron chi connectivity index (χ1n) is 2.64. The number of aliphatic carboxylic acids is 1. The fraction of sp³-hybridized carbons (Fsp3) is 0.200. The second-order valence-corrected chi connectivity index (χ2v) is 2.48. The molecule has 62 valence electrons. The third-order valence-corrected chi connectivity index (χ3v) is 1.55. The predicted octanol–water partition coefficient (Wildman–Crippen LogP) is 1.06. The van der Waals surface area contributed by atoms with E-state index in [1.807, 2.05) is 0 Å². The number of anilines is 1. The molecule has 0 aliphatic rings. The summed E-state index contributed by atoms with van der Waals surface area (Å²) in [7, 11) is 0. The summed E-state index contributed by atoms with van der Waals surface area (Å²) in [5.74, 6) is -0.879. The van der Waals surface area contributed by atoms with Crippen LogP contribution in [-0.4, -0.2) is 22.6 Å². The van der Waals surface area contributed by atoms with Crippen molar-refractivity contribution in [3.05, 3.63) is 11.6 Å². The van der Waals surface area contributed by atoms with Crippen LogP contribution in [0.3, 0.4) is 0 Å². The van der Waals surface area contributed by atoms with Crippen LogP contribution in [0.4, 0.5) is 5.13 Å². The lowest BCUT2D eigenvalue weighted by molar-refractivity contribution is -0.134. The third kappa shape index (κ3) is 3.79. The molecule has 0 radical (unpaired) electrons. The highest BCUT2D eigenvalue weighted by atomic mass is 35.5. The highest BCUT2D eigenvalue weighted by Gasteiger charge is 1.96. The van der Waals surface area contributed by atoms with E-state index < -0.39 is 5.97 Å². The lowest BCUT2D eigenvalue weighted by atomic mass is 10.7. The van der Waals surface area contributed by atoms with Crippen LogP contribution < -0.4 is 5.32 Å². The standard InChI is InChI=1S/C5H6N2O2S.ClH/c8-4(9)3-7-5-6-1-2-10-5;/h1-2H,3H2,(H,6,7)(H,8,9);1H. The Morgan fingerprint density at radius 2 is 2.55 bits per heavy atom. The van der Waals surface area contributed by atoms with Crippen molar-refractivity contribution in [2.24, 2.45) is 0 Å². The molecule has 6 heteroatoms. The van der Waals surface area contributed by atoms with E-state index in [1.165, 1.54) is 11.3 Å². The van der Waals surface area contributed by atoms with Gasteiger partial charge in [0.15, 0.2) is 5.13 Å². The van der Waals surface area contributed by atoms with Crippen molar-refractivity contribution in [2.45, 2.75) is 0 Å². The fourth-order valence-corrected chi connectivity index (χ4v) is 0.990. The maximum atomic E-state index is 10.0. The summed E-state index contributed by atoms with van der Waals surface area (Å²) < 4.78 is 0. The highest BCUT2D eigenvalue weighted by molar-refractivity contribution is 7.13. The van der Waals surface area contributed by atoms with Crippen molar-refractivity contribution in [3.63, 3.8) is 0 Å². The molecule has 1 aromatic rings. The average molecular weight is 195 g/mol. The lowest BCUT2D eigenvalue weighted by Gasteiger charge is -1.94. The Morgan fingerprint density at radius 3 is 3.00 bits per heavy atom. The third-order valence-electron chi connectivity index (χ3n) is 0.823. The minimum absolute atomic E-state index is 0. The van der Waals surface area contributed by atoms with Gasteiger partial charge in [-0.2, -0.15) is 0 Å². The molecular weight excluding hydrogens is 188 g/mol. The molecule has 1 aromatic heterocycles. The maximum absolute atomic E-state index is 10.0. The smallest absolute Gasteiger partial charge is 0.322 e. The van der Waals surface area contributed by atoms with E-state index in [1.54, 1.807) is 11.6 Å². The van der Waals surface area contributed by atoms with Gasteiger partial charge in [0.25, 0.3) is 0 Å². The van der Waals surface area contributed by atoms with Gasteiger partial charge in [0, 0.05) is 11.6 Å². The van der Waals surface area contributed by atoms with Crippen LogP contribution >= 0.6 is 23.7 Å². The SMILES string of the molecule is Cl.O=C(O)CNc1nccs1. The number of hydrogen-bond acceptors (Lipinski definition) is 4. The first-order valence-corrected chi connectivity index (χ1v) is 3.52. The molecule has 2 N–H and O–H groups in total. The number of carboxylic acids is 1. The van der Waals surface area contributed by atoms with Gasteiger partial charge in [0.1, 0.15) is 6.54 Å². The Morgan fingerprint density at radius 1 is 1.82 bits per heavy atom. The highest BCUT2D eigenvalue weighted by Crippen LogP contribution is 2.08. The normalized spacial score (nSPS) is 8.36. The van der Waals surface area contributed by atoms with Gasteiger partial charge in [-0.05, 0) is 0 Å². The van der Waals surface area contributed by atoms with Gasteiger partial charge in [-0.3, -0.25) is 4.79 Å². The molecule has 0 saturated heterocycles. The zero-order valence-electron chi connectivity index (χ0n) is 5.48. The van der Waals surface area contributed by atoms with Crippen molar-refractivity contribution < 1.29 is 9.90 Å². The number of rotatable bonds is 3. The van der Waals surface area contributed by atoms with E-state index in [0.717, 1.165) is 0 Å². The predicted molar refractivity (Wildman–Crippen MR) is 45.5 cm³/mol. The first-order chi connectivity index (χ1) is 4.79. The molecule has 0 spiro atoms. The Labute approximate surface area is 73.7 Å². The first kappa shape index (κ1) is 10.2. The van der Waals surface area contributed by atoms with E-state index in [0.29, 0.717) is 5.13 Å². The van der Waals surface area contributed by atoms with Gasteiger partial charge in [-0.15, -0.1) is 23.7 Å². The van der Waals surface area contributed by atoms with Crippen molar-refractivity contribution >= 4 is 34.8 Å². The van der Waals surface area contributed by atoms with Crippen LogP contribution in [0, 0.1) is 0 Å². The molecule has 0 aliphatic carbocycles. The van der Waals surface area contributed by atoms with Gasteiger partial charge in [0.05, 0.1) is 0 Å². The summed E-state index contributed by atoms with van der Waals surface area (Å²) in [6, 6.07) is 0. The quantitative estimate of drug-likeness (QED) is 0.756. The molecule has 11 heavy (non-hydrogen) atoms. The maximum Gasteiger partial charge on any atom is 0.322 e. The van der Waals surface area contributed by atoms with Crippen molar-refractivity contribution in [1.29, 1.82) is 0 Å². The van der Waals surface area contributed by atoms with Crippen LogP contribution in [-0.2, 0) is 4.79 Å². The summed E-state index contributed by atoms with van der Waals surface area (Å²) in [5, 5.41) is 13.3. The molecule has 0 saturated carbocycles. The van der Waals surface area contributed by atoms with Crippen LogP contribution in [0.2, 0.25) is 0 Å². The van der Waals surface area contributed by atoms with Crippen molar-refractivity contribution in [1.82, 2.24) is 4.98 Å². The van der Waals surface area contributed by atoms with Gasteiger partial charge >= 0.3 is 5.97 Å². The number of nitrogens with zero attached hydrogens (tertiary/aromatic N) is 1. The van der Waals surface area contributed by atoms with Crippen LogP contribution in [0.25, 0.3) is 0 Å². The van der Waals surface area contributed by atoms with E-state index in [2.05, 4.69) is 10.3 Å². The second kappa shape index (κ2) is 4.92. The Balaban J connectivity index is 0.000001000. The van der Waals surface area contributed by atoms with Gasteiger partial charge < -0.3 is 10.4 Å². The molecule has 0 aliphatic heterocycles. The summed E-state index contributed by atoms with van der Waals surface area (Å²) in [6.45, 7) is -0.0759.